The van der Waals surface area contributed by atoms with E-state index in [0.29, 0.717) is 17.7 Å². The van der Waals surface area contributed by atoms with Crippen molar-refractivity contribution in [3.8, 4) is 0 Å². The van der Waals surface area contributed by atoms with E-state index in [1.807, 2.05) is 14.0 Å². The molecule has 0 saturated carbocycles. The molecule has 9 nitrogen and oxygen atoms in total. The molecule has 1 aliphatic rings. The number of nitrogens with one attached hydrogen (secondary N) is 1. The van der Waals surface area contributed by atoms with Gasteiger partial charge in [0.2, 0.25) is 0 Å². The van der Waals surface area contributed by atoms with Crippen molar-refractivity contribution in [2.75, 3.05) is 20.1 Å². The fraction of sp³-hybridized carbons (Fsp3) is 0.536. The maximum Gasteiger partial charge on any atom is 0.165 e. The van der Waals surface area contributed by atoms with Gasteiger partial charge in [-0.2, -0.15) is 0 Å². The van der Waals surface area contributed by atoms with Crippen molar-refractivity contribution in [3.63, 3.8) is 0 Å². The minimum atomic E-state index is -1.06. The number of rotatable bonds is 8. The number of likely N-dealkylation sites (N-methyl/N-ethyl adjacent to an activating group) is 1. The number of benzene rings is 1. The lowest BCUT2D eigenvalue weighted by molar-refractivity contribution is -0.0422. The standard InChI is InChI=1S/C28H38N6O3/c1-17-23-26(30-15-29-17)34(16-31-23)27-25(36)24(35)22(37-27)14-33(5)11-7-6-8-20-13-18-12-19(28(2,3)4)9-10-21(18)32-20/h9-10,12-13,15-16,22,24-25,27,32,35-36H,6-8,11,14H2,1-5H3/t22-,24-,25-,27-/m1/s1. The van der Waals surface area contributed by atoms with Crippen LogP contribution in [0.4, 0.5) is 0 Å². The van der Waals surface area contributed by atoms with Crippen LogP contribution in [0.15, 0.2) is 36.9 Å². The van der Waals surface area contributed by atoms with Crippen LogP contribution in [-0.4, -0.2) is 78.1 Å². The maximum atomic E-state index is 10.7. The van der Waals surface area contributed by atoms with Gasteiger partial charge in [0.15, 0.2) is 11.9 Å². The zero-order valence-electron chi connectivity index (χ0n) is 22.3. The summed E-state index contributed by atoms with van der Waals surface area (Å²) in [5.41, 5.74) is 5.95. The molecule has 1 aliphatic heterocycles. The van der Waals surface area contributed by atoms with Crippen LogP contribution in [0.5, 0.6) is 0 Å². The molecule has 1 saturated heterocycles. The lowest BCUT2D eigenvalue weighted by Crippen LogP contribution is -2.38. The number of aliphatic hydroxyl groups excluding tert-OH is 2. The van der Waals surface area contributed by atoms with Crippen LogP contribution in [0, 0.1) is 6.92 Å². The summed E-state index contributed by atoms with van der Waals surface area (Å²) in [6, 6.07) is 8.95. The Hall–Kier alpha value is -2.85. The molecule has 1 fully saturated rings. The number of aryl methyl sites for hydroxylation is 2. The average molecular weight is 507 g/mol. The molecule has 5 rings (SSSR count). The van der Waals surface area contributed by atoms with Gasteiger partial charge in [0.25, 0.3) is 0 Å². The monoisotopic (exact) mass is 506 g/mol. The number of H-pyrrole nitrogens is 1. The SMILES string of the molecule is Cc1ncnc2c1ncn2[C@@H]1O[C@H](CN(C)CCCCc2cc3cc(C(C)(C)C)ccc3[nH]2)[C@@H](O)[C@H]1O. The number of aliphatic hydroxyl groups is 2. The van der Waals surface area contributed by atoms with Crippen LogP contribution in [0.2, 0.25) is 0 Å². The Bertz CT molecular complexity index is 1370. The molecular weight excluding hydrogens is 468 g/mol. The number of fused-ring (bicyclic) bond motifs is 2. The highest BCUT2D eigenvalue weighted by Crippen LogP contribution is 2.32. The van der Waals surface area contributed by atoms with E-state index >= 15 is 0 Å². The Kier molecular flexibility index (Phi) is 7.06. The van der Waals surface area contributed by atoms with Gasteiger partial charge in [0.1, 0.15) is 30.2 Å². The van der Waals surface area contributed by atoms with Gasteiger partial charge in [0.05, 0.1) is 12.0 Å². The number of unbranched alkanes of at least 4 members (excludes halogenated alkanes) is 1. The molecule has 0 unspecified atom stereocenters. The molecule has 4 atom stereocenters. The van der Waals surface area contributed by atoms with Crippen molar-refractivity contribution in [1.82, 2.24) is 29.4 Å². The smallest absolute Gasteiger partial charge is 0.165 e. The molecule has 4 aromatic rings. The number of imidazole rings is 1. The Balaban J connectivity index is 1.13. The number of ether oxygens (including phenoxy) is 1. The molecular formula is C28H38N6O3. The molecule has 0 spiro atoms. The topological polar surface area (TPSA) is 112 Å². The van der Waals surface area contributed by atoms with Gasteiger partial charge < -0.3 is 24.8 Å². The molecule has 0 bridgehead atoms. The van der Waals surface area contributed by atoms with Crippen molar-refractivity contribution in [2.24, 2.45) is 0 Å². The highest BCUT2D eigenvalue weighted by atomic mass is 16.6. The predicted molar refractivity (Wildman–Crippen MR) is 143 cm³/mol. The zero-order chi connectivity index (χ0) is 26.3. The second-order valence-electron chi connectivity index (χ2n) is 11.4. The van der Waals surface area contributed by atoms with E-state index in [-0.39, 0.29) is 5.41 Å². The van der Waals surface area contributed by atoms with E-state index in [2.05, 4.69) is 69.9 Å². The van der Waals surface area contributed by atoms with E-state index < -0.39 is 24.5 Å². The van der Waals surface area contributed by atoms with Crippen molar-refractivity contribution >= 4 is 22.1 Å². The summed E-state index contributed by atoms with van der Waals surface area (Å²) in [6.07, 6.45) is 2.84. The fourth-order valence-corrected chi connectivity index (χ4v) is 5.15. The zero-order valence-corrected chi connectivity index (χ0v) is 22.3. The van der Waals surface area contributed by atoms with Gasteiger partial charge >= 0.3 is 0 Å². The van der Waals surface area contributed by atoms with Crippen LogP contribution in [0.25, 0.3) is 22.1 Å². The molecule has 198 valence electrons. The van der Waals surface area contributed by atoms with Gasteiger partial charge in [-0.15, -0.1) is 0 Å². The first-order chi connectivity index (χ1) is 17.6. The highest BCUT2D eigenvalue weighted by Gasteiger charge is 2.44. The molecule has 3 N–H and O–H groups in total. The van der Waals surface area contributed by atoms with E-state index in [1.165, 1.54) is 28.5 Å². The molecule has 0 aliphatic carbocycles. The first kappa shape index (κ1) is 25.8. The average Bonchev–Trinajstić information content (AvgIpc) is 3.53. The minimum Gasteiger partial charge on any atom is -0.387 e. The van der Waals surface area contributed by atoms with Gasteiger partial charge in [0, 0.05) is 17.8 Å². The number of nitrogens with zero attached hydrogens (tertiary/aromatic N) is 5. The van der Waals surface area contributed by atoms with Gasteiger partial charge in [-0.05, 0) is 74.3 Å². The third kappa shape index (κ3) is 5.27. The van der Waals surface area contributed by atoms with Crippen LogP contribution >= 0.6 is 0 Å². The second kappa shape index (κ2) is 10.1. The number of hydrogen-bond donors (Lipinski definition) is 3. The third-order valence-corrected chi connectivity index (χ3v) is 7.42. The molecule has 37 heavy (non-hydrogen) atoms. The van der Waals surface area contributed by atoms with Crippen molar-refractivity contribution in [3.05, 3.63) is 53.9 Å². The van der Waals surface area contributed by atoms with Gasteiger partial charge in [-0.3, -0.25) is 4.57 Å². The normalized spacial score (nSPS) is 22.6. The third-order valence-electron chi connectivity index (χ3n) is 7.42. The summed E-state index contributed by atoms with van der Waals surface area (Å²) >= 11 is 0. The number of aromatic nitrogens is 5. The van der Waals surface area contributed by atoms with E-state index in [0.717, 1.165) is 31.5 Å². The Labute approximate surface area is 217 Å². The summed E-state index contributed by atoms with van der Waals surface area (Å²) in [5, 5.41) is 22.7. The predicted octanol–water partition coefficient (Wildman–Crippen LogP) is 3.49. The lowest BCUT2D eigenvalue weighted by atomic mass is 9.86. The van der Waals surface area contributed by atoms with Gasteiger partial charge in [-0.25, -0.2) is 15.0 Å². The molecule has 4 heterocycles. The quantitative estimate of drug-likeness (QED) is 0.314. The molecule has 0 radical (unpaired) electrons. The summed E-state index contributed by atoms with van der Waals surface area (Å²) in [7, 11) is 2.02. The van der Waals surface area contributed by atoms with Crippen LogP contribution in [-0.2, 0) is 16.6 Å². The number of hydrogen-bond acceptors (Lipinski definition) is 7. The molecule has 0 amide bonds. The van der Waals surface area contributed by atoms with E-state index in [1.54, 1.807) is 10.9 Å². The Morgan fingerprint density at radius 1 is 1.08 bits per heavy atom. The van der Waals surface area contributed by atoms with Crippen LogP contribution in [0.3, 0.4) is 0 Å². The van der Waals surface area contributed by atoms with E-state index in [9.17, 15) is 10.2 Å². The van der Waals surface area contributed by atoms with Crippen molar-refractivity contribution in [2.45, 2.75) is 76.9 Å². The van der Waals surface area contributed by atoms with Crippen molar-refractivity contribution < 1.29 is 14.9 Å². The van der Waals surface area contributed by atoms with Crippen LogP contribution in [0.1, 0.15) is 56.8 Å². The Morgan fingerprint density at radius 3 is 2.68 bits per heavy atom. The summed E-state index contributed by atoms with van der Waals surface area (Å²) in [6.45, 7) is 9.98. The summed E-state index contributed by atoms with van der Waals surface area (Å²) in [5.74, 6) is 0. The lowest BCUT2D eigenvalue weighted by Gasteiger charge is -2.22. The molecule has 3 aromatic heterocycles. The molecule has 1 aromatic carbocycles. The maximum absolute atomic E-state index is 10.7. The Morgan fingerprint density at radius 2 is 1.89 bits per heavy atom. The van der Waals surface area contributed by atoms with Gasteiger partial charge in [-0.1, -0.05) is 26.8 Å². The highest BCUT2D eigenvalue weighted by molar-refractivity contribution is 5.81. The van der Waals surface area contributed by atoms with Crippen molar-refractivity contribution in [1.29, 1.82) is 0 Å². The summed E-state index contributed by atoms with van der Waals surface area (Å²) < 4.78 is 7.79. The van der Waals surface area contributed by atoms with Crippen LogP contribution < -0.4 is 0 Å². The first-order valence-corrected chi connectivity index (χ1v) is 13.1. The fourth-order valence-electron chi connectivity index (χ4n) is 5.15. The largest absolute Gasteiger partial charge is 0.387 e. The first-order valence-electron chi connectivity index (χ1n) is 13.1. The minimum absolute atomic E-state index is 0.142. The second-order valence-corrected chi connectivity index (χ2v) is 11.4. The molecule has 9 heteroatoms. The number of aromatic amines is 1. The summed E-state index contributed by atoms with van der Waals surface area (Å²) in [4.78, 5) is 18.5. The van der Waals surface area contributed by atoms with E-state index in [4.69, 9.17) is 4.74 Å².